The zero-order valence-corrected chi connectivity index (χ0v) is 13.5. The number of hydrogen-bond donors (Lipinski definition) is 1. The molecule has 0 saturated carbocycles. The van der Waals surface area contributed by atoms with Crippen LogP contribution in [0.5, 0.6) is 0 Å². The number of carbonyl (C=O) groups excluding carboxylic acids is 1. The lowest BCUT2D eigenvalue weighted by molar-refractivity contribution is -0.143. The van der Waals surface area contributed by atoms with Crippen LogP contribution in [-0.2, 0) is 9.53 Å². The van der Waals surface area contributed by atoms with Gasteiger partial charge in [-0.25, -0.2) is 0 Å². The highest BCUT2D eigenvalue weighted by Gasteiger charge is 2.23. The molecule has 1 aliphatic rings. The maximum absolute atomic E-state index is 11.2. The quantitative estimate of drug-likeness (QED) is 0.521. The molecule has 20 heavy (non-hydrogen) atoms. The van der Waals surface area contributed by atoms with Crippen LogP contribution in [0, 0.1) is 5.92 Å². The molecule has 0 aliphatic carbocycles. The van der Waals surface area contributed by atoms with Crippen molar-refractivity contribution in [1.29, 1.82) is 0 Å². The lowest BCUT2D eigenvalue weighted by Crippen LogP contribution is -2.44. The number of esters is 1. The molecule has 4 nitrogen and oxygen atoms in total. The van der Waals surface area contributed by atoms with Gasteiger partial charge < -0.3 is 15.0 Å². The molecular formula is C16H32N2O2. The minimum Gasteiger partial charge on any atom is -0.466 e. The van der Waals surface area contributed by atoms with Gasteiger partial charge in [0.15, 0.2) is 0 Å². The molecule has 2 unspecified atom stereocenters. The summed E-state index contributed by atoms with van der Waals surface area (Å²) < 4.78 is 4.93. The molecule has 0 bridgehead atoms. The third-order valence-corrected chi connectivity index (χ3v) is 4.12. The second-order valence-corrected chi connectivity index (χ2v) is 5.85. The lowest BCUT2D eigenvalue weighted by Gasteiger charge is -2.36. The Morgan fingerprint density at radius 3 is 2.95 bits per heavy atom. The molecule has 4 heteroatoms. The largest absolute Gasteiger partial charge is 0.466 e. The third-order valence-electron chi connectivity index (χ3n) is 4.12. The number of nitrogens with one attached hydrogen (secondary N) is 1. The molecule has 0 spiro atoms. The van der Waals surface area contributed by atoms with Crippen molar-refractivity contribution in [1.82, 2.24) is 10.2 Å². The highest BCUT2D eigenvalue weighted by molar-refractivity contribution is 5.69. The summed E-state index contributed by atoms with van der Waals surface area (Å²) in [5, 5.41) is 3.58. The van der Waals surface area contributed by atoms with E-state index in [1.165, 1.54) is 38.9 Å². The van der Waals surface area contributed by atoms with E-state index >= 15 is 0 Å². The fraction of sp³-hybridized carbons (Fsp3) is 0.938. The SMILES string of the molecule is CCCN1CCCC(C(C)NCCCC(=O)OCC)C1. The zero-order valence-electron chi connectivity index (χ0n) is 13.5. The summed E-state index contributed by atoms with van der Waals surface area (Å²) >= 11 is 0. The smallest absolute Gasteiger partial charge is 0.305 e. The zero-order chi connectivity index (χ0) is 14.8. The van der Waals surface area contributed by atoms with Gasteiger partial charge in [-0.15, -0.1) is 0 Å². The van der Waals surface area contributed by atoms with Gasteiger partial charge >= 0.3 is 5.97 Å². The molecule has 118 valence electrons. The number of carbonyl (C=O) groups is 1. The van der Waals surface area contributed by atoms with E-state index in [1.54, 1.807) is 0 Å². The van der Waals surface area contributed by atoms with Gasteiger partial charge in [-0.1, -0.05) is 6.92 Å². The van der Waals surface area contributed by atoms with Gasteiger partial charge in [0.2, 0.25) is 0 Å². The number of rotatable bonds is 9. The summed E-state index contributed by atoms with van der Waals surface area (Å²) in [6.07, 6.45) is 5.29. The summed E-state index contributed by atoms with van der Waals surface area (Å²) in [5.41, 5.74) is 0. The molecule has 0 aromatic carbocycles. The van der Waals surface area contributed by atoms with E-state index in [0.717, 1.165) is 18.9 Å². The molecule has 1 heterocycles. The Kier molecular flexibility index (Phi) is 8.86. The Bertz CT molecular complexity index is 269. The predicted octanol–water partition coefficient (Wildman–Crippen LogP) is 2.43. The topological polar surface area (TPSA) is 41.6 Å². The Morgan fingerprint density at radius 1 is 1.45 bits per heavy atom. The summed E-state index contributed by atoms with van der Waals surface area (Å²) in [5.74, 6) is 0.673. The minimum absolute atomic E-state index is 0.0752. The van der Waals surface area contributed by atoms with Crippen molar-refractivity contribution < 1.29 is 9.53 Å². The molecule has 0 amide bonds. The summed E-state index contributed by atoms with van der Waals surface area (Å²) in [4.78, 5) is 13.8. The number of nitrogens with zero attached hydrogens (tertiary/aromatic N) is 1. The van der Waals surface area contributed by atoms with Crippen molar-refractivity contribution in [2.45, 2.75) is 58.9 Å². The molecule has 0 radical (unpaired) electrons. The van der Waals surface area contributed by atoms with E-state index < -0.39 is 0 Å². The Morgan fingerprint density at radius 2 is 2.25 bits per heavy atom. The van der Waals surface area contributed by atoms with Gasteiger partial charge in [-0.05, 0) is 65.1 Å². The van der Waals surface area contributed by atoms with Crippen LogP contribution >= 0.6 is 0 Å². The van der Waals surface area contributed by atoms with E-state index in [9.17, 15) is 4.79 Å². The molecule has 2 atom stereocenters. The molecule has 1 aliphatic heterocycles. The Balaban J connectivity index is 2.15. The standard InChI is InChI=1S/C16H32N2O2/c1-4-11-18-12-7-8-15(13-18)14(3)17-10-6-9-16(19)20-5-2/h14-15,17H,4-13H2,1-3H3. The maximum atomic E-state index is 11.2. The molecule has 1 N–H and O–H groups in total. The van der Waals surface area contributed by atoms with Crippen LogP contribution in [0.3, 0.4) is 0 Å². The van der Waals surface area contributed by atoms with E-state index in [1.807, 2.05) is 6.92 Å². The summed E-state index contributed by atoms with van der Waals surface area (Å²) in [6, 6.07) is 0.539. The van der Waals surface area contributed by atoms with Crippen molar-refractivity contribution >= 4 is 5.97 Å². The van der Waals surface area contributed by atoms with Gasteiger partial charge in [0, 0.05) is 19.0 Å². The highest BCUT2D eigenvalue weighted by Crippen LogP contribution is 2.19. The average Bonchev–Trinajstić information content (AvgIpc) is 2.44. The summed E-state index contributed by atoms with van der Waals surface area (Å²) in [6.45, 7) is 11.5. The molecule has 1 saturated heterocycles. The van der Waals surface area contributed by atoms with E-state index in [-0.39, 0.29) is 5.97 Å². The fourth-order valence-corrected chi connectivity index (χ4v) is 2.98. The summed E-state index contributed by atoms with van der Waals surface area (Å²) in [7, 11) is 0. The highest BCUT2D eigenvalue weighted by atomic mass is 16.5. The first-order valence-electron chi connectivity index (χ1n) is 8.28. The van der Waals surface area contributed by atoms with Crippen molar-refractivity contribution in [2.75, 3.05) is 32.8 Å². The van der Waals surface area contributed by atoms with Gasteiger partial charge in [0.05, 0.1) is 6.61 Å². The van der Waals surface area contributed by atoms with E-state index in [4.69, 9.17) is 4.74 Å². The van der Waals surface area contributed by atoms with Crippen LogP contribution in [0.1, 0.15) is 52.9 Å². The first-order valence-corrected chi connectivity index (χ1v) is 8.28. The maximum Gasteiger partial charge on any atom is 0.305 e. The monoisotopic (exact) mass is 284 g/mol. The molecule has 0 aromatic rings. The van der Waals surface area contributed by atoms with Crippen LogP contribution in [0.25, 0.3) is 0 Å². The molecule has 1 fully saturated rings. The van der Waals surface area contributed by atoms with E-state index in [2.05, 4.69) is 24.1 Å². The van der Waals surface area contributed by atoms with Gasteiger partial charge in [-0.3, -0.25) is 4.79 Å². The first kappa shape index (κ1) is 17.4. The number of ether oxygens (including phenoxy) is 1. The van der Waals surface area contributed by atoms with Gasteiger partial charge in [0.25, 0.3) is 0 Å². The van der Waals surface area contributed by atoms with Crippen molar-refractivity contribution in [2.24, 2.45) is 5.92 Å². The molecular weight excluding hydrogens is 252 g/mol. The second kappa shape index (κ2) is 10.2. The number of likely N-dealkylation sites (tertiary alicyclic amines) is 1. The average molecular weight is 284 g/mol. The van der Waals surface area contributed by atoms with Crippen molar-refractivity contribution in [3.8, 4) is 0 Å². The van der Waals surface area contributed by atoms with Gasteiger partial charge in [0.1, 0.15) is 0 Å². The Labute approximate surface area is 124 Å². The van der Waals surface area contributed by atoms with Crippen molar-refractivity contribution in [3.63, 3.8) is 0 Å². The fourth-order valence-electron chi connectivity index (χ4n) is 2.98. The normalized spacial score (nSPS) is 21.6. The van der Waals surface area contributed by atoms with Crippen LogP contribution in [-0.4, -0.2) is 49.7 Å². The van der Waals surface area contributed by atoms with Crippen LogP contribution in [0.4, 0.5) is 0 Å². The van der Waals surface area contributed by atoms with Crippen molar-refractivity contribution in [3.05, 3.63) is 0 Å². The first-order chi connectivity index (χ1) is 9.67. The van der Waals surface area contributed by atoms with Gasteiger partial charge in [-0.2, -0.15) is 0 Å². The van der Waals surface area contributed by atoms with Crippen LogP contribution in [0.15, 0.2) is 0 Å². The molecule has 1 rings (SSSR count). The lowest BCUT2D eigenvalue weighted by atomic mass is 9.91. The number of piperidine rings is 1. The van der Waals surface area contributed by atoms with Crippen LogP contribution in [0.2, 0.25) is 0 Å². The Hall–Kier alpha value is -0.610. The molecule has 0 aromatic heterocycles. The second-order valence-electron chi connectivity index (χ2n) is 5.85. The number of hydrogen-bond acceptors (Lipinski definition) is 4. The van der Waals surface area contributed by atoms with Crippen LogP contribution < -0.4 is 5.32 Å². The minimum atomic E-state index is -0.0752. The van der Waals surface area contributed by atoms with E-state index in [0.29, 0.717) is 19.1 Å². The predicted molar refractivity (Wildman–Crippen MR) is 82.8 cm³/mol. The third kappa shape index (κ3) is 6.71.